The largest absolute Gasteiger partial charge is 0.462 e. The maximum absolute atomic E-state index is 11.2. The van der Waals surface area contributed by atoms with E-state index in [1.165, 1.54) is 0 Å². The van der Waals surface area contributed by atoms with E-state index >= 15 is 0 Å². The Labute approximate surface area is 77.7 Å². The van der Waals surface area contributed by atoms with Crippen LogP contribution in [0.15, 0.2) is 12.2 Å². The van der Waals surface area contributed by atoms with Crippen molar-refractivity contribution in [1.82, 2.24) is 0 Å². The van der Waals surface area contributed by atoms with Gasteiger partial charge in [-0.1, -0.05) is 6.58 Å². The number of hydrogen-bond donors (Lipinski definition) is 1. The van der Waals surface area contributed by atoms with Crippen molar-refractivity contribution < 1.29 is 14.3 Å². The minimum atomic E-state index is -0.330. The van der Waals surface area contributed by atoms with Gasteiger partial charge in [0.1, 0.15) is 0 Å². The minimum absolute atomic E-state index is 0.189. The lowest BCUT2D eigenvalue weighted by Crippen LogP contribution is -2.12. The number of esters is 1. The van der Waals surface area contributed by atoms with Crippen LogP contribution in [0.4, 0.5) is 0 Å². The molecule has 1 rings (SSSR count). The fraction of sp³-hybridized carbons (Fsp3) is 0.667. The standard InChI is InChI=1S/C9H15NO3/c1-7(5-8-6-13-8)9(11)12-4-2-3-10/h8H,1-6,10H2. The van der Waals surface area contributed by atoms with Gasteiger partial charge in [0.25, 0.3) is 0 Å². The van der Waals surface area contributed by atoms with Gasteiger partial charge in [-0.3, -0.25) is 0 Å². The van der Waals surface area contributed by atoms with Crippen LogP contribution in [0.25, 0.3) is 0 Å². The molecule has 0 saturated carbocycles. The van der Waals surface area contributed by atoms with Crippen molar-refractivity contribution in [3.8, 4) is 0 Å². The second-order valence-electron chi connectivity index (χ2n) is 3.04. The molecule has 74 valence electrons. The fourth-order valence-electron chi connectivity index (χ4n) is 0.894. The Morgan fingerprint density at radius 2 is 2.38 bits per heavy atom. The fourth-order valence-corrected chi connectivity index (χ4v) is 0.894. The first kappa shape index (κ1) is 10.2. The van der Waals surface area contributed by atoms with E-state index < -0.39 is 0 Å². The van der Waals surface area contributed by atoms with E-state index in [1.807, 2.05) is 0 Å². The quantitative estimate of drug-likeness (QED) is 0.278. The van der Waals surface area contributed by atoms with Crippen LogP contribution < -0.4 is 5.73 Å². The Morgan fingerprint density at radius 3 is 2.92 bits per heavy atom. The van der Waals surface area contributed by atoms with Crippen molar-refractivity contribution in [3.63, 3.8) is 0 Å². The van der Waals surface area contributed by atoms with Crippen molar-refractivity contribution in [2.45, 2.75) is 18.9 Å². The van der Waals surface area contributed by atoms with E-state index in [1.54, 1.807) is 0 Å². The highest BCUT2D eigenvalue weighted by atomic mass is 16.6. The highest BCUT2D eigenvalue weighted by Crippen LogP contribution is 2.18. The van der Waals surface area contributed by atoms with E-state index in [0.717, 1.165) is 6.61 Å². The molecule has 1 aliphatic heterocycles. The van der Waals surface area contributed by atoms with Crippen LogP contribution in [0.5, 0.6) is 0 Å². The van der Waals surface area contributed by atoms with Crippen LogP contribution in [-0.4, -0.2) is 31.8 Å². The molecule has 1 fully saturated rings. The Morgan fingerprint density at radius 1 is 1.69 bits per heavy atom. The zero-order chi connectivity index (χ0) is 9.68. The van der Waals surface area contributed by atoms with Crippen LogP contribution in [0.3, 0.4) is 0 Å². The molecule has 1 heterocycles. The molecule has 13 heavy (non-hydrogen) atoms. The molecular weight excluding hydrogens is 170 g/mol. The van der Waals surface area contributed by atoms with Crippen LogP contribution in [0.2, 0.25) is 0 Å². The van der Waals surface area contributed by atoms with Crippen molar-refractivity contribution in [3.05, 3.63) is 12.2 Å². The molecule has 1 aliphatic rings. The van der Waals surface area contributed by atoms with E-state index in [0.29, 0.717) is 31.6 Å². The van der Waals surface area contributed by atoms with E-state index in [-0.39, 0.29) is 12.1 Å². The number of ether oxygens (including phenoxy) is 2. The van der Waals surface area contributed by atoms with Crippen LogP contribution >= 0.6 is 0 Å². The number of hydrogen-bond acceptors (Lipinski definition) is 4. The molecule has 0 aromatic carbocycles. The number of rotatable bonds is 6. The summed E-state index contributed by atoms with van der Waals surface area (Å²) in [5.74, 6) is -0.330. The molecule has 0 bridgehead atoms. The van der Waals surface area contributed by atoms with Crippen LogP contribution in [0.1, 0.15) is 12.8 Å². The summed E-state index contributed by atoms with van der Waals surface area (Å²) in [7, 11) is 0. The molecule has 0 aliphatic carbocycles. The average molecular weight is 185 g/mol. The van der Waals surface area contributed by atoms with Crippen molar-refractivity contribution in [2.24, 2.45) is 5.73 Å². The molecule has 2 N–H and O–H groups in total. The van der Waals surface area contributed by atoms with Gasteiger partial charge >= 0.3 is 5.97 Å². The number of carbonyl (C=O) groups excluding carboxylic acids is 1. The van der Waals surface area contributed by atoms with Gasteiger partial charge in [-0.15, -0.1) is 0 Å². The Balaban J connectivity index is 2.09. The first-order chi connectivity index (χ1) is 6.24. The summed E-state index contributed by atoms with van der Waals surface area (Å²) in [5, 5.41) is 0. The van der Waals surface area contributed by atoms with Gasteiger partial charge in [0, 0.05) is 12.0 Å². The number of epoxide rings is 1. The Bertz CT molecular complexity index is 199. The molecule has 4 heteroatoms. The van der Waals surface area contributed by atoms with Crippen molar-refractivity contribution in [2.75, 3.05) is 19.8 Å². The Kier molecular flexibility index (Phi) is 3.92. The molecule has 1 saturated heterocycles. The van der Waals surface area contributed by atoms with Gasteiger partial charge in [-0.2, -0.15) is 0 Å². The lowest BCUT2D eigenvalue weighted by atomic mass is 10.2. The molecule has 0 aromatic rings. The minimum Gasteiger partial charge on any atom is -0.462 e. The number of nitrogens with two attached hydrogens (primary N) is 1. The molecule has 0 radical (unpaired) electrons. The molecule has 4 nitrogen and oxygen atoms in total. The van der Waals surface area contributed by atoms with Gasteiger partial charge in [0.2, 0.25) is 0 Å². The summed E-state index contributed by atoms with van der Waals surface area (Å²) in [6.45, 7) is 5.27. The third kappa shape index (κ3) is 4.05. The topological polar surface area (TPSA) is 64.8 Å². The summed E-state index contributed by atoms with van der Waals surface area (Å²) in [6.07, 6.45) is 1.47. The smallest absolute Gasteiger partial charge is 0.333 e. The summed E-state index contributed by atoms with van der Waals surface area (Å²) in [5.41, 5.74) is 5.73. The molecule has 0 amide bonds. The zero-order valence-corrected chi connectivity index (χ0v) is 7.62. The highest BCUT2D eigenvalue weighted by Gasteiger charge is 2.25. The highest BCUT2D eigenvalue weighted by molar-refractivity contribution is 5.87. The van der Waals surface area contributed by atoms with Crippen molar-refractivity contribution >= 4 is 5.97 Å². The number of carbonyl (C=O) groups is 1. The van der Waals surface area contributed by atoms with Gasteiger partial charge in [0.15, 0.2) is 0 Å². The first-order valence-corrected chi connectivity index (χ1v) is 4.40. The summed E-state index contributed by atoms with van der Waals surface area (Å²) < 4.78 is 9.87. The second-order valence-corrected chi connectivity index (χ2v) is 3.04. The molecule has 0 spiro atoms. The van der Waals surface area contributed by atoms with Gasteiger partial charge in [-0.05, 0) is 13.0 Å². The SMILES string of the molecule is C=C(CC1CO1)C(=O)OCCCN. The van der Waals surface area contributed by atoms with E-state index in [4.69, 9.17) is 15.2 Å². The monoisotopic (exact) mass is 185 g/mol. The molecule has 0 aromatic heterocycles. The first-order valence-electron chi connectivity index (χ1n) is 4.40. The average Bonchev–Trinajstić information content (AvgIpc) is 2.88. The lowest BCUT2D eigenvalue weighted by molar-refractivity contribution is -0.139. The van der Waals surface area contributed by atoms with Gasteiger partial charge in [-0.25, -0.2) is 4.79 Å². The zero-order valence-electron chi connectivity index (χ0n) is 7.62. The third-order valence-corrected chi connectivity index (χ3v) is 1.75. The second kappa shape index (κ2) is 4.99. The molecule has 1 atom stereocenters. The normalized spacial score (nSPS) is 19.6. The van der Waals surface area contributed by atoms with Gasteiger partial charge in [0.05, 0.1) is 19.3 Å². The Hall–Kier alpha value is -0.870. The molecular formula is C9H15NO3. The maximum atomic E-state index is 11.2. The summed E-state index contributed by atoms with van der Waals surface area (Å²) in [6, 6.07) is 0. The molecule has 1 unspecified atom stereocenters. The van der Waals surface area contributed by atoms with Gasteiger partial charge < -0.3 is 15.2 Å². The summed E-state index contributed by atoms with van der Waals surface area (Å²) >= 11 is 0. The van der Waals surface area contributed by atoms with Crippen molar-refractivity contribution in [1.29, 1.82) is 0 Å². The predicted octanol–water partition coefficient (Wildman–Crippen LogP) is 0.223. The third-order valence-electron chi connectivity index (χ3n) is 1.75. The van der Waals surface area contributed by atoms with Crippen LogP contribution in [0, 0.1) is 0 Å². The van der Waals surface area contributed by atoms with Crippen LogP contribution in [-0.2, 0) is 14.3 Å². The predicted molar refractivity (Wildman–Crippen MR) is 48.1 cm³/mol. The maximum Gasteiger partial charge on any atom is 0.333 e. The lowest BCUT2D eigenvalue weighted by Gasteiger charge is -2.04. The van der Waals surface area contributed by atoms with E-state index in [9.17, 15) is 4.79 Å². The summed E-state index contributed by atoms with van der Waals surface area (Å²) in [4.78, 5) is 11.2. The van der Waals surface area contributed by atoms with E-state index in [2.05, 4.69) is 6.58 Å².